The van der Waals surface area contributed by atoms with Gasteiger partial charge in [-0.2, -0.15) is 0 Å². The molecule has 1 fully saturated rings. The van der Waals surface area contributed by atoms with Crippen molar-refractivity contribution in [3.05, 3.63) is 59.6 Å². The van der Waals surface area contributed by atoms with Crippen LogP contribution in [0.4, 0.5) is 0 Å². The minimum atomic E-state index is 0.672. The first-order valence-corrected chi connectivity index (χ1v) is 11.2. The summed E-state index contributed by atoms with van der Waals surface area (Å²) in [5.74, 6) is 1.02. The molecule has 7 heteroatoms. The fraction of sp³-hybridized carbons (Fsp3) is 0.455. The molecule has 3 heterocycles. The number of nitrogens with zero attached hydrogens (tertiary/aromatic N) is 5. The summed E-state index contributed by atoms with van der Waals surface area (Å²) < 4.78 is 7.95. The van der Waals surface area contributed by atoms with Crippen molar-refractivity contribution in [2.45, 2.75) is 42.1 Å². The molecule has 2 aromatic heterocycles. The molecular formula is C22H27N5OS. The van der Waals surface area contributed by atoms with Crippen molar-refractivity contribution < 1.29 is 4.42 Å². The summed E-state index contributed by atoms with van der Waals surface area (Å²) in [4.78, 5) is 5.23. The van der Waals surface area contributed by atoms with Crippen LogP contribution in [-0.2, 0) is 26.4 Å². The molecule has 0 bridgehead atoms. The van der Waals surface area contributed by atoms with Crippen molar-refractivity contribution in [1.82, 2.24) is 24.6 Å². The molecule has 5 rings (SSSR count). The lowest BCUT2D eigenvalue weighted by atomic mass is 10.1. The van der Waals surface area contributed by atoms with E-state index in [-0.39, 0.29) is 0 Å². The van der Waals surface area contributed by atoms with Gasteiger partial charge in [-0.3, -0.25) is 9.80 Å². The lowest BCUT2D eigenvalue weighted by Crippen LogP contribution is -2.38. The second kappa shape index (κ2) is 8.34. The highest BCUT2D eigenvalue weighted by Gasteiger charge is 2.28. The Kier molecular flexibility index (Phi) is 5.44. The number of hydrogen-bond acceptors (Lipinski definition) is 6. The van der Waals surface area contributed by atoms with E-state index < -0.39 is 0 Å². The SMILES string of the molecule is Cn1cnnc1Sc1ccc(CN2CCCN(C3Cc4ccccc4C3)CC2)o1. The van der Waals surface area contributed by atoms with Crippen LogP contribution in [0.5, 0.6) is 0 Å². The molecule has 0 N–H and O–H groups in total. The van der Waals surface area contributed by atoms with Crippen LogP contribution < -0.4 is 0 Å². The van der Waals surface area contributed by atoms with Gasteiger partial charge < -0.3 is 8.98 Å². The molecule has 0 saturated carbocycles. The number of fused-ring (bicyclic) bond motifs is 1. The average Bonchev–Trinajstić information content (AvgIpc) is 3.41. The van der Waals surface area contributed by atoms with E-state index in [0.29, 0.717) is 6.04 Å². The standard InChI is InChI=1S/C22H27N5OS/c1-25-16-23-24-22(25)29-21-8-7-20(28-21)15-26-9-4-10-27(12-11-26)19-13-17-5-2-3-6-18(17)14-19/h2-3,5-8,16,19H,4,9-15H2,1H3. The van der Waals surface area contributed by atoms with Gasteiger partial charge in [0, 0.05) is 26.2 Å². The van der Waals surface area contributed by atoms with Crippen molar-refractivity contribution in [2.24, 2.45) is 7.05 Å². The highest BCUT2D eigenvalue weighted by Crippen LogP contribution is 2.28. The summed E-state index contributed by atoms with van der Waals surface area (Å²) in [6.07, 6.45) is 5.33. The van der Waals surface area contributed by atoms with Gasteiger partial charge in [0.25, 0.3) is 0 Å². The highest BCUT2D eigenvalue weighted by atomic mass is 32.2. The molecule has 3 aromatic rings. The smallest absolute Gasteiger partial charge is 0.198 e. The summed E-state index contributed by atoms with van der Waals surface area (Å²) in [5.41, 5.74) is 3.09. The predicted octanol–water partition coefficient (Wildman–Crippen LogP) is 3.23. The van der Waals surface area contributed by atoms with Crippen molar-refractivity contribution in [3.63, 3.8) is 0 Å². The number of benzene rings is 1. The molecule has 0 spiro atoms. The molecule has 0 atom stereocenters. The third kappa shape index (κ3) is 4.27. The van der Waals surface area contributed by atoms with E-state index in [1.165, 1.54) is 37.6 Å². The Morgan fingerprint density at radius 3 is 2.62 bits per heavy atom. The number of aromatic nitrogens is 3. The van der Waals surface area contributed by atoms with E-state index in [4.69, 9.17) is 4.42 Å². The zero-order valence-electron chi connectivity index (χ0n) is 16.8. The highest BCUT2D eigenvalue weighted by molar-refractivity contribution is 7.99. The molecule has 0 amide bonds. The first-order valence-electron chi connectivity index (χ1n) is 10.4. The molecule has 1 aliphatic carbocycles. The Morgan fingerprint density at radius 2 is 1.86 bits per heavy atom. The summed E-state index contributed by atoms with van der Waals surface area (Å²) in [6, 6.07) is 13.7. The normalized spacial score (nSPS) is 18.8. The molecule has 2 aliphatic rings. The first-order chi connectivity index (χ1) is 14.2. The zero-order valence-corrected chi connectivity index (χ0v) is 17.6. The van der Waals surface area contributed by atoms with Gasteiger partial charge in [-0.15, -0.1) is 10.2 Å². The quantitative estimate of drug-likeness (QED) is 0.645. The van der Waals surface area contributed by atoms with Crippen LogP contribution in [-0.4, -0.2) is 56.8 Å². The third-order valence-corrected chi connectivity index (χ3v) is 7.02. The maximum absolute atomic E-state index is 6.05. The lowest BCUT2D eigenvalue weighted by molar-refractivity contribution is 0.196. The Bertz CT molecular complexity index is 943. The van der Waals surface area contributed by atoms with Gasteiger partial charge in [0.1, 0.15) is 12.1 Å². The Hall–Kier alpha value is -2.09. The van der Waals surface area contributed by atoms with E-state index in [2.05, 4.69) is 50.3 Å². The topological polar surface area (TPSA) is 50.3 Å². The maximum Gasteiger partial charge on any atom is 0.198 e. The molecule has 152 valence electrons. The number of hydrogen-bond donors (Lipinski definition) is 0. The number of furan rings is 1. The Morgan fingerprint density at radius 1 is 1.03 bits per heavy atom. The van der Waals surface area contributed by atoms with Crippen LogP contribution in [0.15, 0.2) is 57.4 Å². The van der Waals surface area contributed by atoms with Crippen molar-refractivity contribution in [2.75, 3.05) is 26.2 Å². The molecule has 0 unspecified atom stereocenters. The second-order valence-corrected chi connectivity index (χ2v) is 9.02. The van der Waals surface area contributed by atoms with Gasteiger partial charge in [-0.1, -0.05) is 24.3 Å². The van der Waals surface area contributed by atoms with Gasteiger partial charge in [0.15, 0.2) is 10.2 Å². The van der Waals surface area contributed by atoms with Crippen LogP contribution in [0.1, 0.15) is 23.3 Å². The molecule has 1 aromatic carbocycles. The maximum atomic E-state index is 6.05. The van der Waals surface area contributed by atoms with Crippen LogP contribution in [0.2, 0.25) is 0 Å². The minimum Gasteiger partial charge on any atom is -0.453 e. The van der Waals surface area contributed by atoms with Crippen molar-refractivity contribution in [1.29, 1.82) is 0 Å². The minimum absolute atomic E-state index is 0.672. The molecule has 1 saturated heterocycles. The number of aryl methyl sites for hydroxylation is 1. The third-order valence-electron chi connectivity index (χ3n) is 6.05. The second-order valence-electron chi connectivity index (χ2n) is 8.04. The van der Waals surface area contributed by atoms with E-state index in [0.717, 1.165) is 42.2 Å². The molecule has 0 radical (unpaired) electrons. The van der Waals surface area contributed by atoms with Crippen LogP contribution in [0, 0.1) is 0 Å². The Labute approximate surface area is 175 Å². The van der Waals surface area contributed by atoms with E-state index in [1.807, 2.05) is 17.7 Å². The van der Waals surface area contributed by atoms with Gasteiger partial charge in [-0.25, -0.2) is 0 Å². The fourth-order valence-corrected chi connectivity index (χ4v) is 5.23. The fourth-order valence-electron chi connectivity index (χ4n) is 4.48. The Balaban J connectivity index is 1.15. The largest absolute Gasteiger partial charge is 0.453 e. The summed E-state index contributed by atoms with van der Waals surface area (Å²) >= 11 is 1.51. The van der Waals surface area contributed by atoms with Gasteiger partial charge in [0.2, 0.25) is 0 Å². The van der Waals surface area contributed by atoms with Crippen LogP contribution >= 0.6 is 11.8 Å². The predicted molar refractivity (Wildman–Crippen MR) is 113 cm³/mol. The number of rotatable bonds is 5. The zero-order chi connectivity index (χ0) is 19.6. The van der Waals surface area contributed by atoms with E-state index in [1.54, 1.807) is 17.5 Å². The lowest BCUT2D eigenvalue weighted by Gasteiger charge is -2.27. The van der Waals surface area contributed by atoms with Gasteiger partial charge in [-0.05, 0) is 67.4 Å². The molecule has 29 heavy (non-hydrogen) atoms. The van der Waals surface area contributed by atoms with Crippen molar-refractivity contribution in [3.8, 4) is 0 Å². The summed E-state index contributed by atoms with van der Waals surface area (Å²) in [6.45, 7) is 5.43. The van der Waals surface area contributed by atoms with E-state index in [9.17, 15) is 0 Å². The summed E-state index contributed by atoms with van der Waals surface area (Å²) in [5, 5.41) is 9.74. The molecule has 1 aliphatic heterocycles. The van der Waals surface area contributed by atoms with Crippen LogP contribution in [0.25, 0.3) is 0 Å². The first kappa shape index (κ1) is 18.9. The molecular weight excluding hydrogens is 382 g/mol. The van der Waals surface area contributed by atoms with Gasteiger partial charge >= 0.3 is 0 Å². The summed E-state index contributed by atoms with van der Waals surface area (Å²) in [7, 11) is 1.94. The monoisotopic (exact) mass is 409 g/mol. The molecule has 6 nitrogen and oxygen atoms in total. The average molecular weight is 410 g/mol. The van der Waals surface area contributed by atoms with Crippen LogP contribution in [0.3, 0.4) is 0 Å². The van der Waals surface area contributed by atoms with E-state index >= 15 is 0 Å². The van der Waals surface area contributed by atoms with Crippen molar-refractivity contribution >= 4 is 11.8 Å². The van der Waals surface area contributed by atoms with Gasteiger partial charge in [0.05, 0.1) is 6.54 Å².